The average Bonchev–Trinajstić information content (AvgIpc) is 2.41. The van der Waals surface area contributed by atoms with Crippen LogP contribution in [-0.2, 0) is 4.79 Å². The zero-order valence-corrected chi connectivity index (χ0v) is 12.4. The maximum atomic E-state index is 12.0. The molecule has 1 N–H and O–H groups in total. The second-order valence-corrected chi connectivity index (χ2v) is 5.79. The van der Waals surface area contributed by atoms with Crippen LogP contribution in [-0.4, -0.2) is 11.9 Å². The molecule has 0 aliphatic heterocycles. The van der Waals surface area contributed by atoms with Gasteiger partial charge in [-0.25, -0.2) is 0 Å². The van der Waals surface area contributed by atoms with Crippen LogP contribution < -0.4 is 5.32 Å². The Morgan fingerprint density at radius 3 is 2.30 bits per heavy atom. The van der Waals surface area contributed by atoms with Crippen LogP contribution in [0.15, 0.2) is 30.3 Å². The minimum atomic E-state index is 0.0381. The number of carbonyl (C=O) groups excluding carboxylic acids is 1. The predicted octanol–water partition coefficient (Wildman–Crippen LogP) is 4.24. The highest BCUT2D eigenvalue weighted by atomic mass is 16.1. The number of amides is 1. The van der Waals surface area contributed by atoms with Crippen LogP contribution in [0.1, 0.15) is 56.1 Å². The van der Waals surface area contributed by atoms with Crippen molar-refractivity contribution >= 4 is 12.0 Å². The van der Waals surface area contributed by atoms with Crippen molar-refractivity contribution < 1.29 is 4.79 Å². The third kappa shape index (κ3) is 5.20. The van der Waals surface area contributed by atoms with Gasteiger partial charge in [0.15, 0.2) is 0 Å². The molecule has 2 heteroatoms. The summed E-state index contributed by atoms with van der Waals surface area (Å²) in [5.74, 6) is 0.0381. The highest BCUT2D eigenvalue weighted by molar-refractivity contribution is 5.91. The van der Waals surface area contributed by atoms with E-state index in [-0.39, 0.29) is 5.91 Å². The van der Waals surface area contributed by atoms with Gasteiger partial charge in [0.2, 0.25) is 5.91 Å². The Bertz CT molecular complexity index is 439. The predicted molar refractivity (Wildman–Crippen MR) is 84.5 cm³/mol. The number of aryl methyl sites for hydroxylation is 1. The largest absolute Gasteiger partial charge is 0.350 e. The van der Waals surface area contributed by atoms with Crippen LogP contribution >= 0.6 is 0 Å². The van der Waals surface area contributed by atoms with Gasteiger partial charge >= 0.3 is 0 Å². The average molecular weight is 271 g/mol. The van der Waals surface area contributed by atoms with E-state index in [1.807, 2.05) is 18.2 Å². The number of hydrogen-bond donors (Lipinski definition) is 1. The van der Waals surface area contributed by atoms with Gasteiger partial charge < -0.3 is 5.32 Å². The van der Waals surface area contributed by atoms with Crippen molar-refractivity contribution in [1.82, 2.24) is 5.32 Å². The van der Waals surface area contributed by atoms with E-state index in [4.69, 9.17) is 0 Å². The van der Waals surface area contributed by atoms with E-state index in [9.17, 15) is 4.79 Å². The molecule has 1 fully saturated rings. The van der Waals surface area contributed by atoms with Gasteiger partial charge in [-0.05, 0) is 31.4 Å². The van der Waals surface area contributed by atoms with Gasteiger partial charge in [-0.2, -0.15) is 0 Å². The molecule has 0 radical (unpaired) electrons. The first-order chi connectivity index (χ1) is 9.74. The van der Waals surface area contributed by atoms with Crippen LogP contribution in [0.25, 0.3) is 6.08 Å². The first-order valence-corrected chi connectivity index (χ1v) is 7.79. The minimum Gasteiger partial charge on any atom is -0.350 e. The van der Waals surface area contributed by atoms with Crippen LogP contribution in [0.3, 0.4) is 0 Å². The Labute approximate surface area is 122 Å². The number of rotatable bonds is 3. The number of nitrogens with one attached hydrogen (secondary N) is 1. The van der Waals surface area contributed by atoms with Crippen molar-refractivity contribution in [3.05, 3.63) is 41.5 Å². The molecule has 1 aromatic rings. The molecule has 0 saturated heterocycles. The summed E-state index contributed by atoms with van der Waals surface area (Å²) in [6.07, 6.45) is 12.3. The molecule has 1 aliphatic carbocycles. The molecular weight excluding hydrogens is 246 g/mol. The van der Waals surface area contributed by atoms with Gasteiger partial charge in [-0.1, -0.05) is 61.9 Å². The van der Waals surface area contributed by atoms with Crippen LogP contribution in [0.2, 0.25) is 0 Å². The van der Waals surface area contributed by atoms with Crippen LogP contribution in [0, 0.1) is 6.92 Å². The monoisotopic (exact) mass is 271 g/mol. The Hall–Kier alpha value is -1.57. The molecular formula is C18H25NO. The molecule has 1 saturated carbocycles. The molecule has 0 bridgehead atoms. The SMILES string of the molecule is Cc1ccc(/C=C/C(=O)NC2CCCCCCC2)cc1. The molecule has 2 rings (SSSR count). The molecule has 108 valence electrons. The van der Waals surface area contributed by atoms with Crippen molar-refractivity contribution in [2.45, 2.75) is 57.9 Å². The summed E-state index contributed by atoms with van der Waals surface area (Å²) < 4.78 is 0. The highest BCUT2D eigenvalue weighted by Gasteiger charge is 2.12. The topological polar surface area (TPSA) is 29.1 Å². The van der Waals surface area contributed by atoms with Gasteiger partial charge in [-0.15, -0.1) is 0 Å². The van der Waals surface area contributed by atoms with Crippen molar-refractivity contribution in [1.29, 1.82) is 0 Å². The van der Waals surface area contributed by atoms with E-state index < -0.39 is 0 Å². The second kappa shape index (κ2) is 7.88. The summed E-state index contributed by atoms with van der Waals surface area (Å²) in [7, 11) is 0. The fourth-order valence-electron chi connectivity index (χ4n) is 2.70. The Balaban J connectivity index is 1.83. The molecule has 1 aliphatic rings. The lowest BCUT2D eigenvalue weighted by molar-refractivity contribution is -0.117. The fraction of sp³-hybridized carbons (Fsp3) is 0.500. The van der Waals surface area contributed by atoms with Gasteiger partial charge in [-0.3, -0.25) is 4.79 Å². The molecule has 0 spiro atoms. The lowest BCUT2D eigenvalue weighted by Gasteiger charge is -2.20. The van der Waals surface area contributed by atoms with Gasteiger partial charge in [0, 0.05) is 12.1 Å². The van der Waals surface area contributed by atoms with Gasteiger partial charge in [0.25, 0.3) is 0 Å². The minimum absolute atomic E-state index is 0.0381. The maximum Gasteiger partial charge on any atom is 0.244 e. The van der Waals surface area contributed by atoms with Crippen LogP contribution in [0.4, 0.5) is 0 Å². The van der Waals surface area contributed by atoms with E-state index >= 15 is 0 Å². The van der Waals surface area contributed by atoms with Gasteiger partial charge in [0.1, 0.15) is 0 Å². The lowest BCUT2D eigenvalue weighted by atomic mass is 9.97. The molecule has 1 amide bonds. The summed E-state index contributed by atoms with van der Waals surface area (Å²) >= 11 is 0. The molecule has 2 nitrogen and oxygen atoms in total. The first kappa shape index (κ1) is 14.8. The van der Waals surface area contributed by atoms with E-state index in [2.05, 4.69) is 24.4 Å². The van der Waals surface area contributed by atoms with Crippen LogP contribution in [0.5, 0.6) is 0 Å². The maximum absolute atomic E-state index is 12.0. The fourth-order valence-corrected chi connectivity index (χ4v) is 2.70. The van der Waals surface area contributed by atoms with Gasteiger partial charge in [0.05, 0.1) is 0 Å². The van der Waals surface area contributed by atoms with E-state index in [0.717, 1.165) is 18.4 Å². The van der Waals surface area contributed by atoms with Crippen molar-refractivity contribution in [2.24, 2.45) is 0 Å². The third-order valence-electron chi connectivity index (χ3n) is 3.96. The van der Waals surface area contributed by atoms with Crippen molar-refractivity contribution in [3.63, 3.8) is 0 Å². The number of benzene rings is 1. The zero-order valence-electron chi connectivity index (χ0n) is 12.4. The second-order valence-electron chi connectivity index (χ2n) is 5.79. The van der Waals surface area contributed by atoms with E-state index in [1.54, 1.807) is 6.08 Å². The normalized spacial score (nSPS) is 17.6. The molecule has 0 atom stereocenters. The van der Waals surface area contributed by atoms with Crippen molar-refractivity contribution in [2.75, 3.05) is 0 Å². The lowest BCUT2D eigenvalue weighted by Crippen LogP contribution is -2.34. The van der Waals surface area contributed by atoms with E-state index in [1.165, 1.54) is 37.7 Å². The third-order valence-corrected chi connectivity index (χ3v) is 3.96. The quantitative estimate of drug-likeness (QED) is 0.819. The Morgan fingerprint density at radius 2 is 1.65 bits per heavy atom. The number of hydrogen-bond acceptors (Lipinski definition) is 1. The zero-order chi connectivity index (χ0) is 14.2. The van der Waals surface area contributed by atoms with E-state index in [0.29, 0.717) is 6.04 Å². The highest BCUT2D eigenvalue weighted by Crippen LogP contribution is 2.17. The summed E-state index contributed by atoms with van der Waals surface area (Å²) in [4.78, 5) is 12.0. The molecule has 1 aromatic carbocycles. The smallest absolute Gasteiger partial charge is 0.244 e. The van der Waals surface area contributed by atoms with Crippen molar-refractivity contribution in [3.8, 4) is 0 Å². The molecule has 0 aromatic heterocycles. The summed E-state index contributed by atoms with van der Waals surface area (Å²) in [6.45, 7) is 2.06. The molecule has 0 heterocycles. The Kier molecular flexibility index (Phi) is 5.85. The summed E-state index contributed by atoms with van der Waals surface area (Å²) in [5, 5.41) is 3.14. The molecule has 20 heavy (non-hydrogen) atoms. The molecule has 0 unspecified atom stereocenters. The summed E-state index contributed by atoms with van der Waals surface area (Å²) in [5.41, 5.74) is 2.31. The number of carbonyl (C=O) groups is 1. The first-order valence-electron chi connectivity index (χ1n) is 7.79. The summed E-state index contributed by atoms with van der Waals surface area (Å²) in [6, 6.07) is 8.56. The Morgan fingerprint density at radius 1 is 1.05 bits per heavy atom. The standard InChI is InChI=1S/C18H25NO/c1-15-9-11-16(12-10-15)13-14-18(20)19-17-7-5-3-2-4-6-8-17/h9-14,17H,2-8H2,1H3,(H,19,20)/b14-13+.